The molecule has 5 heteroatoms. The second-order valence-electron chi connectivity index (χ2n) is 8.14. The fourth-order valence-corrected chi connectivity index (χ4v) is 3.64. The summed E-state index contributed by atoms with van der Waals surface area (Å²) in [5.41, 5.74) is 19.6. The average molecular weight is 435 g/mol. The zero-order valence-electron chi connectivity index (χ0n) is 19.2. The molecule has 0 heterocycles. The van der Waals surface area contributed by atoms with E-state index in [1.165, 1.54) is 0 Å². The summed E-state index contributed by atoms with van der Waals surface area (Å²) in [7, 11) is 0. The molecule has 0 radical (unpaired) electrons. The number of rotatable bonds is 4. The SMILES string of the molecule is [C-]#[N+]c1c(Cl)cc(C(=C)C)c(N)c1C(=C)C.[C-]#[N+]c1ccc(C(C)C)c(N)c1C(C)C. The van der Waals surface area contributed by atoms with Crippen LogP contribution in [0, 0.1) is 13.1 Å². The first-order chi connectivity index (χ1) is 14.4. The Hall–Kier alpha value is -3.21. The number of nitrogens with zero attached hydrogens (tertiary/aromatic N) is 2. The molecule has 2 aromatic rings. The lowest BCUT2D eigenvalue weighted by Gasteiger charge is -2.17. The number of allylic oxidation sites excluding steroid dienone is 2. The highest BCUT2D eigenvalue weighted by molar-refractivity contribution is 6.34. The maximum absolute atomic E-state index is 7.12. The van der Waals surface area contributed by atoms with Crippen molar-refractivity contribution in [2.24, 2.45) is 0 Å². The van der Waals surface area contributed by atoms with Crippen molar-refractivity contribution in [3.05, 3.63) is 81.5 Å². The van der Waals surface area contributed by atoms with Gasteiger partial charge >= 0.3 is 0 Å². The molecule has 0 fully saturated rings. The van der Waals surface area contributed by atoms with Gasteiger partial charge in [-0.25, -0.2) is 9.69 Å². The Morgan fingerprint density at radius 2 is 1.52 bits per heavy atom. The van der Waals surface area contributed by atoms with Crippen molar-refractivity contribution in [2.75, 3.05) is 11.5 Å². The highest BCUT2D eigenvalue weighted by Crippen LogP contribution is 2.41. The van der Waals surface area contributed by atoms with Gasteiger partial charge in [0.1, 0.15) is 0 Å². The van der Waals surface area contributed by atoms with E-state index >= 15 is 0 Å². The smallest absolute Gasteiger partial charge is 0.214 e. The fourth-order valence-electron chi connectivity index (χ4n) is 3.40. The topological polar surface area (TPSA) is 60.8 Å². The number of nitrogen functional groups attached to an aromatic ring is 2. The molecule has 0 aromatic heterocycles. The predicted molar refractivity (Wildman–Crippen MR) is 137 cm³/mol. The van der Waals surface area contributed by atoms with Crippen molar-refractivity contribution >= 4 is 45.5 Å². The van der Waals surface area contributed by atoms with Gasteiger partial charge < -0.3 is 11.5 Å². The lowest BCUT2D eigenvalue weighted by atomic mass is 9.91. The van der Waals surface area contributed by atoms with Crippen LogP contribution in [-0.4, -0.2) is 0 Å². The summed E-state index contributed by atoms with van der Waals surface area (Å²) in [5.74, 6) is 0.704. The van der Waals surface area contributed by atoms with Crippen LogP contribution in [-0.2, 0) is 0 Å². The number of nitrogens with two attached hydrogens (primary N) is 2. The van der Waals surface area contributed by atoms with E-state index in [9.17, 15) is 0 Å². The Labute approximate surface area is 191 Å². The summed E-state index contributed by atoms with van der Waals surface area (Å²) >= 11 is 6.04. The summed E-state index contributed by atoms with van der Waals surface area (Å²) in [6.45, 7) is 33.9. The van der Waals surface area contributed by atoms with Gasteiger partial charge in [0.25, 0.3) is 0 Å². The van der Waals surface area contributed by atoms with Crippen LogP contribution in [0.25, 0.3) is 20.8 Å². The summed E-state index contributed by atoms with van der Waals surface area (Å²) < 4.78 is 0. The van der Waals surface area contributed by atoms with Crippen LogP contribution in [0.15, 0.2) is 31.4 Å². The summed E-state index contributed by atoms with van der Waals surface area (Å²) in [4.78, 5) is 6.92. The second-order valence-corrected chi connectivity index (χ2v) is 8.55. The Kier molecular flexibility index (Phi) is 8.92. The molecule has 0 aliphatic rings. The molecule has 31 heavy (non-hydrogen) atoms. The van der Waals surface area contributed by atoms with Crippen LogP contribution in [0.4, 0.5) is 22.7 Å². The van der Waals surface area contributed by atoms with Crippen LogP contribution in [0.1, 0.15) is 75.6 Å². The van der Waals surface area contributed by atoms with Gasteiger partial charge in [-0.3, -0.25) is 0 Å². The lowest BCUT2D eigenvalue weighted by molar-refractivity contribution is 0.843. The molecular formula is C26H31ClN4. The number of hydrogen-bond donors (Lipinski definition) is 2. The van der Waals surface area contributed by atoms with Crippen molar-refractivity contribution in [1.29, 1.82) is 0 Å². The van der Waals surface area contributed by atoms with Crippen molar-refractivity contribution < 1.29 is 0 Å². The van der Waals surface area contributed by atoms with E-state index in [2.05, 4.69) is 50.5 Å². The molecule has 0 amide bonds. The number of halogens is 1. The van der Waals surface area contributed by atoms with Gasteiger partial charge in [0.2, 0.25) is 5.69 Å². The number of hydrogen-bond acceptors (Lipinski definition) is 2. The maximum Gasteiger partial charge on any atom is 0.214 e. The van der Waals surface area contributed by atoms with Crippen LogP contribution in [0.2, 0.25) is 5.02 Å². The van der Waals surface area contributed by atoms with Gasteiger partial charge in [0.15, 0.2) is 5.69 Å². The van der Waals surface area contributed by atoms with Gasteiger partial charge in [0, 0.05) is 22.0 Å². The Balaban J connectivity index is 0.000000311. The molecule has 0 bridgehead atoms. The Morgan fingerprint density at radius 3 is 1.90 bits per heavy atom. The fraction of sp³-hybridized carbons (Fsp3) is 0.308. The van der Waals surface area contributed by atoms with E-state index in [0.29, 0.717) is 39.5 Å². The number of anilines is 2. The predicted octanol–water partition coefficient (Wildman–Crippen LogP) is 8.61. The highest BCUT2D eigenvalue weighted by atomic mass is 35.5. The molecule has 0 saturated carbocycles. The van der Waals surface area contributed by atoms with Crippen molar-refractivity contribution in [3.63, 3.8) is 0 Å². The van der Waals surface area contributed by atoms with Crippen molar-refractivity contribution in [3.8, 4) is 0 Å². The molecule has 0 spiro atoms. The minimum Gasteiger partial charge on any atom is -0.399 e. The van der Waals surface area contributed by atoms with Crippen LogP contribution in [0.5, 0.6) is 0 Å². The first-order valence-corrected chi connectivity index (χ1v) is 10.4. The Bertz CT molecular complexity index is 1100. The first-order valence-electron chi connectivity index (χ1n) is 9.99. The average Bonchev–Trinajstić information content (AvgIpc) is 2.67. The monoisotopic (exact) mass is 434 g/mol. The Morgan fingerprint density at radius 1 is 0.935 bits per heavy atom. The third kappa shape index (κ3) is 5.69. The highest BCUT2D eigenvalue weighted by Gasteiger charge is 2.16. The number of benzene rings is 2. The van der Waals surface area contributed by atoms with Gasteiger partial charge in [-0.2, -0.15) is 0 Å². The molecule has 2 rings (SSSR count). The standard InChI is InChI=1S/C13H13ClN2.C13H18N2/c1-7(2)9-6-10(14)13(16-5)11(8(3)4)12(9)15;1-8(2)10-6-7-11(15-5)12(9(3)4)13(10)14/h6H,1,3,15H2,2,4H3;6-9H,14H2,1-4H3. The minimum atomic E-state index is 0.299. The van der Waals surface area contributed by atoms with E-state index in [0.717, 1.165) is 33.5 Å². The molecule has 0 aliphatic heterocycles. The minimum absolute atomic E-state index is 0.299. The zero-order valence-corrected chi connectivity index (χ0v) is 20.0. The molecule has 4 N–H and O–H groups in total. The molecule has 162 valence electrons. The molecule has 0 unspecified atom stereocenters. The van der Waals surface area contributed by atoms with E-state index in [1.54, 1.807) is 13.0 Å². The van der Waals surface area contributed by atoms with Crippen LogP contribution < -0.4 is 11.5 Å². The van der Waals surface area contributed by atoms with Crippen molar-refractivity contribution in [1.82, 2.24) is 0 Å². The second kappa shape index (κ2) is 10.7. The molecular weight excluding hydrogens is 404 g/mol. The van der Waals surface area contributed by atoms with E-state index < -0.39 is 0 Å². The zero-order chi connectivity index (χ0) is 24.0. The third-order valence-corrected chi connectivity index (χ3v) is 5.20. The lowest BCUT2D eigenvalue weighted by Crippen LogP contribution is -2.02. The van der Waals surface area contributed by atoms with Gasteiger partial charge in [0.05, 0.1) is 13.1 Å². The van der Waals surface area contributed by atoms with Gasteiger partial charge in [-0.15, -0.1) is 0 Å². The summed E-state index contributed by atoms with van der Waals surface area (Å²) in [6.07, 6.45) is 0. The summed E-state index contributed by atoms with van der Waals surface area (Å²) in [5, 5.41) is 0.389. The molecule has 0 aliphatic carbocycles. The quantitative estimate of drug-likeness (QED) is 0.373. The van der Waals surface area contributed by atoms with Crippen molar-refractivity contribution in [2.45, 2.75) is 53.4 Å². The molecule has 0 atom stereocenters. The van der Waals surface area contributed by atoms with Gasteiger partial charge in [-0.05, 0) is 54.0 Å². The van der Waals surface area contributed by atoms with E-state index in [4.69, 9.17) is 36.2 Å². The summed E-state index contributed by atoms with van der Waals surface area (Å²) in [6, 6.07) is 5.53. The van der Waals surface area contributed by atoms with Crippen LogP contribution >= 0.6 is 11.6 Å². The normalized spacial score (nSPS) is 10.2. The van der Waals surface area contributed by atoms with E-state index in [1.807, 2.05) is 19.1 Å². The van der Waals surface area contributed by atoms with Gasteiger partial charge in [-0.1, -0.05) is 70.2 Å². The molecule has 2 aromatic carbocycles. The largest absolute Gasteiger partial charge is 0.399 e. The van der Waals surface area contributed by atoms with E-state index in [-0.39, 0.29) is 0 Å². The third-order valence-electron chi connectivity index (χ3n) is 4.91. The first kappa shape index (κ1) is 25.8. The van der Waals surface area contributed by atoms with Crippen LogP contribution in [0.3, 0.4) is 0 Å². The molecule has 4 nitrogen and oxygen atoms in total. The maximum atomic E-state index is 7.12. The molecule has 0 saturated heterocycles.